The Labute approximate surface area is 85.6 Å². The minimum atomic E-state index is 0.864. The van der Waals surface area contributed by atoms with Gasteiger partial charge in [-0.15, -0.1) is 0 Å². The molecule has 0 aromatic rings. The molecule has 0 saturated carbocycles. The fourth-order valence-corrected chi connectivity index (χ4v) is 0.799. The summed E-state index contributed by atoms with van der Waals surface area (Å²) in [5.41, 5.74) is 2.81. The molecule has 0 N–H and O–H groups in total. The third-order valence-corrected chi connectivity index (χ3v) is 2.39. The number of hydrogen-bond acceptors (Lipinski definition) is 0. The molecule has 0 radical (unpaired) electrons. The van der Waals surface area contributed by atoms with Crippen LogP contribution in [0.15, 0.2) is 17.4 Å². The second-order valence-corrected chi connectivity index (χ2v) is 3.16. The first-order valence-corrected chi connectivity index (χ1v) is 4.75. The van der Waals surface area contributed by atoms with Gasteiger partial charge < -0.3 is 0 Å². The monoisotopic (exact) mass is 134 g/mol. The topological polar surface area (TPSA) is 0 Å². The second-order valence-electron chi connectivity index (χ2n) is 2.25. The number of allylic oxidation sites excluding steroid dienone is 3. The maximum absolute atomic E-state index is 2.29. The van der Waals surface area contributed by atoms with Crippen molar-refractivity contribution in [1.82, 2.24) is 0 Å². The first-order valence-electron chi connectivity index (χ1n) is 2.94. The van der Waals surface area contributed by atoms with Crippen molar-refractivity contribution in [3.8, 4) is 0 Å². The molecule has 40 valence electrons. The van der Waals surface area contributed by atoms with Crippen molar-refractivity contribution in [2.24, 2.45) is 0 Å². The molecule has 8 heavy (non-hydrogen) atoms. The van der Waals surface area contributed by atoms with Crippen LogP contribution in [0.1, 0.15) is 20.8 Å². The zero-order valence-electron chi connectivity index (χ0n) is 6.15. The SMILES string of the molecule is CC(C)=C/C(C)=[CH]\[K]. The van der Waals surface area contributed by atoms with E-state index in [9.17, 15) is 0 Å². The van der Waals surface area contributed by atoms with Crippen molar-refractivity contribution in [2.75, 3.05) is 0 Å². The Kier molecular flexibility index (Phi) is 5.64. The standard InChI is InChI=1S/C7H11.K/c1-6(2)5-7(3)4;/h1,5H,2-4H3;. The Morgan fingerprint density at radius 3 is 1.88 bits per heavy atom. The fraction of sp³-hybridized carbons (Fsp3) is 0.429. The van der Waals surface area contributed by atoms with Gasteiger partial charge in [0.25, 0.3) is 0 Å². The van der Waals surface area contributed by atoms with Gasteiger partial charge in [-0.05, 0) is 0 Å². The molecule has 0 atom stereocenters. The van der Waals surface area contributed by atoms with E-state index in [1.54, 1.807) is 0 Å². The average Bonchev–Trinajstić information content (AvgIpc) is 1.65. The van der Waals surface area contributed by atoms with E-state index in [-0.39, 0.29) is 0 Å². The Morgan fingerprint density at radius 2 is 1.75 bits per heavy atom. The average molecular weight is 134 g/mol. The summed E-state index contributed by atoms with van der Waals surface area (Å²) in [4.78, 5) is 0. The van der Waals surface area contributed by atoms with Crippen LogP contribution in [-0.4, -0.2) is 49.0 Å². The van der Waals surface area contributed by atoms with Crippen molar-refractivity contribution in [3.63, 3.8) is 0 Å². The van der Waals surface area contributed by atoms with E-state index < -0.39 is 0 Å². The third kappa shape index (κ3) is 5.26. The second kappa shape index (κ2) is 4.95. The summed E-state index contributed by atoms with van der Waals surface area (Å²) in [5, 5.41) is 0. The van der Waals surface area contributed by atoms with Gasteiger partial charge in [-0.25, -0.2) is 0 Å². The van der Waals surface area contributed by atoms with Gasteiger partial charge in [0.2, 0.25) is 0 Å². The molecule has 0 spiro atoms. The van der Waals surface area contributed by atoms with Crippen molar-refractivity contribution in [2.45, 2.75) is 20.8 Å². The first kappa shape index (κ1) is 9.12. The van der Waals surface area contributed by atoms with Crippen molar-refractivity contribution in [1.29, 1.82) is 0 Å². The van der Waals surface area contributed by atoms with Crippen molar-refractivity contribution < 1.29 is 0 Å². The van der Waals surface area contributed by atoms with Crippen LogP contribution in [-0.2, 0) is 0 Å². The number of hydrogen-bond donors (Lipinski definition) is 0. The van der Waals surface area contributed by atoms with E-state index in [2.05, 4.69) is 27.0 Å². The molecule has 0 nitrogen and oxygen atoms in total. The van der Waals surface area contributed by atoms with E-state index in [0.29, 0.717) is 0 Å². The zero-order valence-corrected chi connectivity index (χ0v) is 9.28. The molecule has 0 aliphatic carbocycles. The molecular formula is C7H11K. The third-order valence-electron chi connectivity index (χ3n) is 0.972. The molecule has 0 bridgehead atoms. The summed E-state index contributed by atoms with van der Waals surface area (Å²) in [6.07, 6.45) is 2.21. The summed E-state index contributed by atoms with van der Waals surface area (Å²) in [6, 6.07) is 0. The Balaban J connectivity index is 3.89. The van der Waals surface area contributed by atoms with E-state index >= 15 is 0 Å². The molecule has 1 heteroatoms. The molecular weight excluding hydrogens is 123 g/mol. The van der Waals surface area contributed by atoms with Gasteiger partial charge in [0, 0.05) is 0 Å². The van der Waals surface area contributed by atoms with Crippen LogP contribution in [0.2, 0.25) is 0 Å². The summed E-state index contributed by atoms with van der Waals surface area (Å²) in [5.74, 6) is 0. The summed E-state index contributed by atoms with van der Waals surface area (Å²) in [6.45, 7) is 6.40. The van der Waals surface area contributed by atoms with Crippen LogP contribution in [0.3, 0.4) is 0 Å². The van der Waals surface area contributed by atoms with Gasteiger partial charge >= 0.3 is 87.1 Å². The Morgan fingerprint density at radius 1 is 1.25 bits per heavy atom. The molecule has 0 fully saturated rings. The van der Waals surface area contributed by atoms with E-state index in [4.69, 9.17) is 0 Å². The van der Waals surface area contributed by atoms with Gasteiger partial charge in [-0.2, -0.15) is 0 Å². The molecule has 0 saturated heterocycles. The van der Waals surface area contributed by atoms with Gasteiger partial charge in [0.05, 0.1) is 0 Å². The summed E-state index contributed by atoms with van der Waals surface area (Å²) < 4.78 is 2.29. The van der Waals surface area contributed by atoms with Gasteiger partial charge in [0.1, 0.15) is 0 Å². The summed E-state index contributed by atoms with van der Waals surface area (Å²) in [7, 11) is 0. The van der Waals surface area contributed by atoms with Gasteiger partial charge in [0.15, 0.2) is 0 Å². The molecule has 0 heterocycles. The quantitative estimate of drug-likeness (QED) is 0.380. The Bertz CT molecular complexity index is 116. The van der Waals surface area contributed by atoms with Gasteiger partial charge in [-0.3, -0.25) is 0 Å². The predicted octanol–water partition coefficient (Wildman–Crippen LogP) is 2.02. The van der Waals surface area contributed by atoms with Crippen LogP contribution >= 0.6 is 0 Å². The zero-order chi connectivity index (χ0) is 6.57. The molecule has 0 aliphatic heterocycles. The molecule has 0 aromatic carbocycles. The Hall–Kier alpha value is 1.12. The maximum atomic E-state index is 2.29. The molecule has 0 aromatic heterocycles. The van der Waals surface area contributed by atoms with Crippen molar-refractivity contribution >= 4 is 49.0 Å². The van der Waals surface area contributed by atoms with Gasteiger partial charge in [-0.1, -0.05) is 0 Å². The predicted molar refractivity (Wildman–Crippen MR) is 38.9 cm³/mol. The summed E-state index contributed by atoms with van der Waals surface area (Å²) >= 11 is 0.864. The van der Waals surface area contributed by atoms with E-state index in [1.165, 1.54) is 11.1 Å². The number of rotatable bonds is 1. The van der Waals surface area contributed by atoms with Crippen LogP contribution < -0.4 is 0 Å². The molecule has 0 amide bonds. The van der Waals surface area contributed by atoms with Crippen LogP contribution in [0.4, 0.5) is 0 Å². The molecule has 0 rings (SSSR count). The normalized spacial score (nSPS) is 11.4. The van der Waals surface area contributed by atoms with Crippen molar-refractivity contribution in [3.05, 3.63) is 17.4 Å². The van der Waals surface area contributed by atoms with Crippen LogP contribution in [0.5, 0.6) is 0 Å². The van der Waals surface area contributed by atoms with Crippen LogP contribution in [0, 0.1) is 0 Å². The van der Waals surface area contributed by atoms with E-state index in [1.807, 2.05) is 0 Å². The fourth-order valence-electron chi connectivity index (χ4n) is 0.539. The molecule has 0 aliphatic rings. The first-order chi connectivity index (χ1) is 3.66. The van der Waals surface area contributed by atoms with Crippen LogP contribution in [0.25, 0.3) is 0 Å². The minimum absolute atomic E-state index is 0.864. The molecule has 0 unspecified atom stereocenters. The van der Waals surface area contributed by atoms with E-state index in [0.717, 1.165) is 49.0 Å².